The van der Waals surface area contributed by atoms with Crippen molar-refractivity contribution >= 4 is 11.8 Å². The van der Waals surface area contributed by atoms with E-state index in [1.54, 1.807) is 0 Å². The number of carbonyl (C=O) groups excluding carboxylic acids is 2. The fraction of sp³-hybridized carbons (Fsp3) is 0.800. The van der Waals surface area contributed by atoms with Crippen LogP contribution < -0.4 is 16.4 Å². The van der Waals surface area contributed by atoms with Crippen LogP contribution in [0.5, 0.6) is 0 Å². The van der Waals surface area contributed by atoms with Gasteiger partial charge in [0, 0.05) is 19.5 Å². The van der Waals surface area contributed by atoms with Crippen molar-refractivity contribution in [2.45, 2.75) is 33.2 Å². The van der Waals surface area contributed by atoms with Crippen molar-refractivity contribution in [2.24, 2.45) is 11.7 Å². The topological polar surface area (TPSA) is 84.2 Å². The van der Waals surface area contributed by atoms with E-state index in [1.807, 2.05) is 20.8 Å². The van der Waals surface area contributed by atoms with Crippen molar-refractivity contribution in [3.63, 3.8) is 0 Å². The average Bonchev–Trinajstić information content (AvgIpc) is 2.16. The largest absolute Gasteiger partial charge is 0.356 e. The minimum absolute atomic E-state index is 0.0593. The highest BCUT2D eigenvalue weighted by Gasteiger charge is 2.16. The van der Waals surface area contributed by atoms with Crippen molar-refractivity contribution in [1.29, 1.82) is 0 Å². The highest BCUT2D eigenvalue weighted by molar-refractivity contribution is 5.82. The van der Waals surface area contributed by atoms with Gasteiger partial charge < -0.3 is 16.4 Å². The van der Waals surface area contributed by atoms with Gasteiger partial charge in [-0.2, -0.15) is 0 Å². The van der Waals surface area contributed by atoms with Crippen molar-refractivity contribution in [2.75, 3.05) is 13.1 Å². The molecule has 15 heavy (non-hydrogen) atoms. The molecule has 0 heterocycles. The minimum atomic E-state index is -0.501. The molecule has 0 saturated heterocycles. The smallest absolute Gasteiger partial charge is 0.237 e. The first-order valence-electron chi connectivity index (χ1n) is 5.29. The van der Waals surface area contributed by atoms with Gasteiger partial charge in [-0.15, -0.1) is 0 Å². The Bertz CT molecular complexity index is 217. The summed E-state index contributed by atoms with van der Waals surface area (Å²) in [7, 11) is 0. The third-order valence-corrected chi connectivity index (χ3v) is 2.05. The van der Waals surface area contributed by atoms with Crippen LogP contribution >= 0.6 is 0 Å². The summed E-state index contributed by atoms with van der Waals surface area (Å²) in [5, 5.41) is 5.28. The molecule has 0 saturated carbocycles. The minimum Gasteiger partial charge on any atom is -0.356 e. The van der Waals surface area contributed by atoms with Crippen LogP contribution in [0.25, 0.3) is 0 Å². The molecule has 0 bridgehead atoms. The molecule has 0 radical (unpaired) electrons. The Morgan fingerprint density at radius 3 is 2.33 bits per heavy atom. The molecule has 5 heteroatoms. The van der Waals surface area contributed by atoms with Crippen LogP contribution in [0.4, 0.5) is 0 Å². The summed E-state index contributed by atoms with van der Waals surface area (Å²) in [6, 6.07) is -0.501. The maximum absolute atomic E-state index is 11.4. The Morgan fingerprint density at radius 2 is 1.87 bits per heavy atom. The first-order valence-corrected chi connectivity index (χ1v) is 5.29. The van der Waals surface area contributed by atoms with Gasteiger partial charge in [-0.3, -0.25) is 9.59 Å². The molecule has 0 aliphatic rings. The Morgan fingerprint density at radius 1 is 1.27 bits per heavy atom. The fourth-order valence-corrected chi connectivity index (χ4v) is 1.01. The zero-order chi connectivity index (χ0) is 11.8. The van der Waals surface area contributed by atoms with E-state index < -0.39 is 6.04 Å². The van der Waals surface area contributed by atoms with E-state index in [4.69, 9.17) is 5.73 Å². The normalized spacial score (nSPS) is 12.3. The van der Waals surface area contributed by atoms with E-state index in [9.17, 15) is 9.59 Å². The van der Waals surface area contributed by atoms with Gasteiger partial charge >= 0.3 is 0 Å². The quantitative estimate of drug-likeness (QED) is 0.564. The Hall–Kier alpha value is -1.10. The lowest BCUT2D eigenvalue weighted by Gasteiger charge is -2.14. The van der Waals surface area contributed by atoms with E-state index in [-0.39, 0.29) is 17.7 Å². The second-order valence-corrected chi connectivity index (χ2v) is 3.76. The van der Waals surface area contributed by atoms with Crippen LogP contribution in [-0.4, -0.2) is 30.9 Å². The van der Waals surface area contributed by atoms with Gasteiger partial charge in [-0.25, -0.2) is 0 Å². The van der Waals surface area contributed by atoms with E-state index >= 15 is 0 Å². The van der Waals surface area contributed by atoms with E-state index in [2.05, 4.69) is 10.6 Å². The summed E-state index contributed by atoms with van der Waals surface area (Å²) in [4.78, 5) is 22.4. The number of hydrogen-bond donors (Lipinski definition) is 3. The van der Waals surface area contributed by atoms with Gasteiger partial charge in [0.15, 0.2) is 0 Å². The molecule has 0 unspecified atom stereocenters. The molecule has 0 aliphatic heterocycles. The van der Waals surface area contributed by atoms with Crippen molar-refractivity contribution in [1.82, 2.24) is 10.6 Å². The molecule has 4 N–H and O–H groups in total. The monoisotopic (exact) mass is 215 g/mol. The zero-order valence-electron chi connectivity index (χ0n) is 9.67. The van der Waals surface area contributed by atoms with Crippen LogP contribution in [-0.2, 0) is 9.59 Å². The van der Waals surface area contributed by atoms with Crippen LogP contribution in [0.3, 0.4) is 0 Å². The molecular weight excluding hydrogens is 194 g/mol. The molecule has 88 valence electrons. The third-order valence-electron chi connectivity index (χ3n) is 2.05. The third kappa shape index (κ3) is 6.06. The highest BCUT2D eigenvalue weighted by atomic mass is 16.2. The van der Waals surface area contributed by atoms with Gasteiger partial charge in [0.05, 0.1) is 6.04 Å². The first kappa shape index (κ1) is 13.9. The Balaban J connectivity index is 3.68. The summed E-state index contributed by atoms with van der Waals surface area (Å²) in [5.41, 5.74) is 5.62. The summed E-state index contributed by atoms with van der Waals surface area (Å²) >= 11 is 0. The number of nitrogens with one attached hydrogen (secondary N) is 2. The lowest BCUT2D eigenvalue weighted by atomic mass is 10.1. The molecule has 2 amide bonds. The molecule has 0 spiro atoms. The maximum Gasteiger partial charge on any atom is 0.237 e. The van der Waals surface area contributed by atoms with Gasteiger partial charge in [-0.05, 0) is 12.8 Å². The van der Waals surface area contributed by atoms with Crippen LogP contribution in [0.2, 0.25) is 0 Å². The van der Waals surface area contributed by atoms with E-state index in [1.165, 1.54) is 0 Å². The van der Waals surface area contributed by atoms with Gasteiger partial charge in [0.25, 0.3) is 0 Å². The first-order chi connectivity index (χ1) is 6.99. The Kier molecular flexibility index (Phi) is 6.70. The number of carbonyl (C=O) groups is 2. The highest BCUT2D eigenvalue weighted by Crippen LogP contribution is 1.97. The molecule has 0 fully saturated rings. The molecule has 0 aliphatic carbocycles. The predicted octanol–water partition coefficient (Wildman–Crippen LogP) is -0.388. The van der Waals surface area contributed by atoms with E-state index in [0.717, 1.165) is 0 Å². The maximum atomic E-state index is 11.4. The summed E-state index contributed by atoms with van der Waals surface area (Å²) in [6.07, 6.45) is 0.296. The average molecular weight is 215 g/mol. The van der Waals surface area contributed by atoms with E-state index in [0.29, 0.717) is 19.5 Å². The lowest BCUT2D eigenvalue weighted by Crippen LogP contribution is -2.44. The van der Waals surface area contributed by atoms with Crippen molar-refractivity contribution in [3.05, 3.63) is 0 Å². The molecular formula is C10H21N3O2. The van der Waals surface area contributed by atoms with Crippen LogP contribution in [0, 0.1) is 5.92 Å². The van der Waals surface area contributed by atoms with Crippen molar-refractivity contribution < 1.29 is 9.59 Å². The molecule has 5 nitrogen and oxygen atoms in total. The number of nitrogens with two attached hydrogens (primary N) is 1. The molecule has 0 aromatic carbocycles. The number of hydrogen-bond acceptors (Lipinski definition) is 3. The van der Waals surface area contributed by atoms with Crippen LogP contribution in [0.1, 0.15) is 27.2 Å². The second-order valence-electron chi connectivity index (χ2n) is 3.76. The van der Waals surface area contributed by atoms with Gasteiger partial charge in [0.2, 0.25) is 11.8 Å². The number of rotatable bonds is 6. The lowest BCUT2D eigenvalue weighted by molar-refractivity contribution is -0.123. The fourth-order valence-electron chi connectivity index (χ4n) is 1.01. The molecule has 1 atom stereocenters. The summed E-state index contributed by atoms with van der Waals surface area (Å²) < 4.78 is 0. The summed E-state index contributed by atoms with van der Waals surface area (Å²) in [6.45, 7) is 6.57. The van der Waals surface area contributed by atoms with Gasteiger partial charge in [0.1, 0.15) is 0 Å². The molecule has 0 rings (SSSR count). The Labute approximate surface area is 90.8 Å². The van der Waals surface area contributed by atoms with Crippen molar-refractivity contribution in [3.8, 4) is 0 Å². The summed E-state index contributed by atoms with van der Waals surface area (Å²) in [5.74, 6) is -0.153. The standard InChI is InChI=1S/C10H21N3O2/c1-4-12-8(14)5-6-13-10(15)9(11)7(2)3/h7,9H,4-6,11H2,1-3H3,(H,12,14)(H,13,15)/t9-/m1/s1. The molecule has 0 aromatic heterocycles. The second kappa shape index (κ2) is 7.23. The zero-order valence-corrected chi connectivity index (χ0v) is 9.67. The SMILES string of the molecule is CCNC(=O)CCNC(=O)[C@H](N)C(C)C. The van der Waals surface area contributed by atoms with Gasteiger partial charge in [-0.1, -0.05) is 13.8 Å². The molecule has 0 aromatic rings. The number of amides is 2. The predicted molar refractivity (Wildman–Crippen MR) is 59.1 cm³/mol. The van der Waals surface area contributed by atoms with Crippen LogP contribution in [0.15, 0.2) is 0 Å².